The molecule has 1 saturated heterocycles. The molecule has 29 heavy (non-hydrogen) atoms. The number of anilines is 1. The van der Waals surface area contributed by atoms with Gasteiger partial charge in [-0.1, -0.05) is 36.4 Å². The van der Waals surface area contributed by atoms with E-state index in [0.717, 1.165) is 61.8 Å². The highest BCUT2D eigenvalue weighted by atomic mass is 16.5. The van der Waals surface area contributed by atoms with Crippen molar-refractivity contribution in [3.63, 3.8) is 0 Å². The van der Waals surface area contributed by atoms with Crippen molar-refractivity contribution in [3.8, 4) is 5.75 Å². The topological polar surface area (TPSA) is 54.0 Å². The number of nitrogens with one attached hydrogen (secondary N) is 1. The van der Waals surface area contributed by atoms with E-state index >= 15 is 0 Å². The van der Waals surface area contributed by atoms with Gasteiger partial charge in [0.15, 0.2) is 0 Å². The summed E-state index contributed by atoms with van der Waals surface area (Å²) in [5, 5.41) is 3.07. The Morgan fingerprint density at radius 1 is 1.14 bits per heavy atom. The van der Waals surface area contributed by atoms with Crippen molar-refractivity contribution in [2.75, 3.05) is 51.8 Å². The van der Waals surface area contributed by atoms with Crippen LogP contribution in [0.1, 0.15) is 17.5 Å². The first-order valence-corrected chi connectivity index (χ1v) is 10.2. The quantitative estimate of drug-likeness (QED) is 0.737. The molecule has 6 nitrogen and oxygen atoms in total. The number of urea groups is 1. The van der Waals surface area contributed by atoms with E-state index in [4.69, 9.17) is 9.47 Å². The minimum absolute atomic E-state index is 0.0906. The van der Waals surface area contributed by atoms with Gasteiger partial charge in [0.1, 0.15) is 5.75 Å². The molecule has 3 rings (SSSR count). The predicted octanol–water partition coefficient (Wildman–Crippen LogP) is 3.76. The van der Waals surface area contributed by atoms with Gasteiger partial charge in [0.25, 0.3) is 0 Å². The van der Waals surface area contributed by atoms with E-state index in [0.29, 0.717) is 13.1 Å². The number of para-hydroxylation sites is 2. The van der Waals surface area contributed by atoms with Gasteiger partial charge < -0.3 is 19.7 Å². The molecule has 1 aliphatic rings. The van der Waals surface area contributed by atoms with Gasteiger partial charge in [-0.25, -0.2) is 4.79 Å². The van der Waals surface area contributed by atoms with Crippen molar-refractivity contribution in [2.45, 2.75) is 19.9 Å². The minimum Gasteiger partial charge on any atom is -0.496 e. The molecule has 0 spiro atoms. The van der Waals surface area contributed by atoms with Crippen molar-refractivity contribution < 1.29 is 14.3 Å². The SMILES string of the molecule is COc1ccccc1CN(CCCN1CCOCC1)C(=O)Nc1ccccc1C. The van der Waals surface area contributed by atoms with Crippen LogP contribution >= 0.6 is 0 Å². The van der Waals surface area contributed by atoms with Crippen LogP contribution in [0.15, 0.2) is 48.5 Å². The summed E-state index contributed by atoms with van der Waals surface area (Å²) in [5.74, 6) is 0.800. The van der Waals surface area contributed by atoms with Gasteiger partial charge in [-0.15, -0.1) is 0 Å². The number of nitrogens with zero attached hydrogens (tertiary/aromatic N) is 2. The first kappa shape index (κ1) is 21.1. The van der Waals surface area contributed by atoms with Crippen LogP contribution in [0.5, 0.6) is 5.75 Å². The molecule has 6 heteroatoms. The summed E-state index contributed by atoms with van der Waals surface area (Å²) in [6.07, 6.45) is 0.913. The molecule has 0 aromatic heterocycles. The van der Waals surface area contributed by atoms with Crippen LogP contribution in [0.3, 0.4) is 0 Å². The van der Waals surface area contributed by atoms with E-state index < -0.39 is 0 Å². The largest absolute Gasteiger partial charge is 0.496 e. The second-order valence-corrected chi connectivity index (χ2v) is 7.29. The number of ether oxygens (including phenoxy) is 2. The van der Waals surface area contributed by atoms with Crippen molar-refractivity contribution in [1.29, 1.82) is 0 Å². The van der Waals surface area contributed by atoms with Crippen molar-refractivity contribution >= 4 is 11.7 Å². The van der Waals surface area contributed by atoms with Crippen LogP contribution < -0.4 is 10.1 Å². The molecule has 0 bridgehead atoms. The zero-order valence-electron chi connectivity index (χ0n) is 17.4. The Hall–Kier alpha value is -2.57. The van der Waals surface area contributed by atoms with Crippen LogP contribution in [0, 0.1) is 6.92 Å². The van der Waals surface area contributed by atoms with Gasteiger partial charge in [-0.05, 0) is 31.0 Å². The fourth-order valence-corrected chi connectivity index (χ4v) is 3.51. The second-order valence-electron chi connectivity index (χ2n) is 7.29. The van der Waals surface area contributed by atoms with Crippen LogP contribution in [0.4, 0.5) is 10.5 Å². The lowest BCUT2D eigenvalue weighted by Gasteiger charge is -2.29. The lowest BCUT2D eigenvalue weighted by Crippen LogP contribution is -2.40. The number of benzene rings is 2. The molecule has 1 N–H and O–H groups in total. The van der Waals surface area contributed by atoms with Crippen molar-refractivity contribution in [2.24, 2.45) is 0 Å². The van der Waals surface area contributed by atoms with E-state index in [1.807, 2.05) is 60.4 Å². The molecule has 156 valence electrons. The number of rotatable bonds is 8. The third kappa shape index (κ3) is 6.21. The minimum atomic E-state index is -0.0906. The summed E-state index contributed by atoms with van der Waals surface area (Å²) in [4.78, 5) is 17.4. The van der Waals surface area contributed by atoms with Gasteiger partial charge >= 0.3 is 6.03 Å². The Bertz CT molecular complexity index is 790. The normalized spacial score (nSPS) is 14.4. The van der Waals surface area contributed by atoms with Crippen LogP contribution in [0.2, 0.25) is 0 Å². The Kier molecular flexibility index (Phi) is 7.90. The highest BCUT2D eigenvalue weighted by Gasteiger charge is 2.18. The average molecular weight is 398 g/mol. The number of carbonyl (C=O) groups excluding carboxylic acids is 1. The summed E-state index contributed by atoms with van der Waals surface area (Å²) >= 11 is 0. The van der Waals surface area contributed by atoms with Gasteiger partial charge in [-0.2, -0.15) is 0 Å². The van der Waals surface area contributed by atoms with Crippen LogP contribution in [-0.2, 0) is 11.3 Å². The molecular weight excluding hydrogens is 366 g/mol. The Labute approximate surface area is 173 Å². The molecule has 0 atom stereocenters. The highest BCUT2D eigenvalue weighted by Crippen LogP contribution is 2.21. The number of methoxy groups -OCH3 is 1. The lowest BCUT2D eigenvalue weighted by molar-refractivity contribution is 0.0365. The molecule has 0 aliphatic carbocycles. The monoisotopic (exact) mass is 397 g/mol. The molecule has 0 radical (unpaired) electrons. The van der Waals surface area contributed by atoms with Crippen LogP contribution in [-0.4, -0.2) is 62.3 Å². The number of aryl methyl sites for hydroxylation is 1. The van der Waals surface area contributed by atoms with Crippen molar-refractivity contribution in [1.82, 2.24) is 9.80 Å². The number of morpholine rings is 1. The Balaban J connectivity index is 1.67. The van der Waals surface area contributed by atoms with Crippen molar-refractivity contribution in [3.05, 3.63) is 59.7 Å². The maximum Gasteiger partial charge on any atom is 0.322 e. The number of amides is 2. The summed E-state index contributed by atoms with van der Waals surface area (Å²) in [7, 11) is 1.66. The molecule has 2 aromatic carbocycles. The third-order valence-corrected chi connectivity index (χ3v) is 5.23. The maximum absolute atomic E-state index is 13.1. The molecule has 2 amide bonds. The van der Waals surface area contributed by atoms with Gasteiger partial charge in [0.05, 0.1) is 26.9 Å². The fraction of sp³-hybridized carbons (Fsp3) is 0.435. The molecule has 0 unspecified atom stereocenters. The molecule has 1 aliphatic heterocycles. The lowest BCUT2D eigenvalue weighted by atomic mass is 10.2. The molecule has 0 saturated carbocycles. The van der Waals surface area contributed by atoms with E-state index in [2.05, 4.69) is 10.2 Å². The molecule has 1 fully saturated rings. The number of hydrogen-bond donors (Lipinski definition) is 1. The predicted molar refractivity (Wildman–Crippen MR) is 115 cm³/mol. The molecular formula is C23H31N3O3. The first-order chi connectivity index (χ1) is 14.2. The zero-order chi connectivity index (χ0) is 20.5. The summed E-state index contributed by atoms with van der Waals surface area (Å²) in [5.41, 5.74) is 2.89. The standard InChI is InChI=1S/C23H31N3O3/c1-19-8-3-5-10-21(19)24-23(27)26(13-7-12-25-14-16-29-17-15-25)18-20-9-4-6-11-22(20)28-2/h3-6,8-11H,7,12-18H2,1-2H3,(H,24,27). The number of hydrogen-bond acceptors (Lipinski definition) is 4. The van der Waals surface area contributed by atoms with E-state index in [-0.39, 0.29) is 6.03 Å². The molecule has 1 heterocycles. The van der Waals surface area contributed by atoms with Gasteiger partial charge in [-0.3, -0.25) is 4.90 Å². The Morgan fingerprint density at radius 3 is 2.62 bits per heavy atom. The van der Waals surface area contributed by atoms with E-state index in [1.165, 1.54) is 0 Å². The summed E-state index contributed by atoms with van der Waals surface area (Å²) in [6, 6.07) is 15.6. The maximum atomic E-state index is 13.1. The third-order valence-electron chi connectivity index (χ3n) is 5.23. The van der Waals surface area contributed by atoms with E-state index in [9.17, 15) is 4.79 Å². The molecule has 2 aromatic rings. The second kappa shape index (κ2) is 10.8. The van der Waals surface area contributed by atoms with Gasteiger partial charge in [0, 0.05) is 37.4 Å². The fourth-order valence-electron chi connectivity index (χ4n) is 3.51. The summed E-state index contributed by atoms with van der Waals surface area (Å²) in [6.45, 7) is 7.64. The van der Waals surface area contributed by atoms with E-state index in [1.54, 1.807) is 7.11 Å². The summed E-state index contributed by atoms with van der Waals surface area (Å²) < 4.78 is 10.9. The highest BCUT2D eigenvalue weighted by molar-refractivity contribution is 5.90. The average Bonchev–Trinajstić information content (AvgIpc) is 2.75. The van der Waals surface area contributed by atoms with Gasteiger partial charge in [0.2, 0.25) is 0 Å². The van der Waals surface area contributed by atoms with Crippen LogP contribution in [0.25, 0.3) is 0 Å². The zero-order valence-corrected chi connectivity index (χ0v) is 17.4. The Morgan fingerprint density at radius 2 is 1.86 bits per heavy atom. The smallest absolute Gasteiger partial charge is 0.322 e. The number of carbonyl (C=O) groups is 1. The first-order valence-electron chi connectivity index (χ1n) is 10.2.